The highest BCUT2D eigenvalue weighted by Crippen LogP contribution is 2.22. The molecule has 0 spiro atoms. The number of nitrogens with one attached hydrogen (secondary N) is 1. The second kappa shape index (κ2) is 8.54. The zero-order chi connectivity index (χ0) is 19.2. The zero-order valence-corrected chi connectivity index (χ0v) is 15.9. The number of aromatic nitrogens is 1. The summed E-state index contributed by atoms with van der Waals surface area (Å²) in [5.74, 6) is 1.61. The van der Waals surface area contributed by atoms with E-state index in [0.717, 1.165) is 28.9 Å². The summed E-state index contributed by atoms with van der Waals surface area (Å²) >= 11 is 0. The number of hydrogen-bond acceptors (Lipinski definition) is 4. The lowest BCUT2D eigenvalue weighted by atomic mass is 10.1. The Labute approximate surface area is 159 Å². The van der Waals surface area contributed by atoms with Crippen LogP contribution in [0.25, 0.3) is 11.5 Å². The number of carbonyl (C=O) groups is 1. The maximum atomic E-state index is 12.4. The molecular formula is C22H24N2O3. The van der Waals surface area contributed by atoms with Crippen LogP contribution in [0.2, 0.25) is 0 Å². The summed E-state index contributed by atoms with van der Waals surface area (Å²) in [6, 6.07) is 15.8. The standard InChI is InChI=1S/C22H24N2O3/c1-4-26-19-11-7-17(8-12-19)13-14-23-21(25)20-16(3)27-22(24-20)18-9-5-15(2)6-10-18/h5-12H,4,13-14H2,1-3H3,(H,23,25). The van der Waals surface area contributed by atoms with Gasteiger partial charge >= 0.3 is 0 Å². The molecule has 0 aliphatic rings. The molecule has 0 saturated carbocycles. The van der Waals surface area contributed by atoms with Crippen molar-refractivity contribution in [3.63, 3.8) is 0 Å². The van der Waals surface area contributed by atoms with Crippen LogP contribution in [-0.4, -0.2) is 24.0 Å². The molecular weight excluding hydrogens is 340 g/mol. The van der Waals surface area contributed by atoms with Gasteiger partial charge in [0.2, 0.25) is 5.89 Å². The Kier molecular flexibility index (Phi) is 5.91. The molecule has 140 valence electrons. The van der Waals surface area contributed by atoms with Crippen molar-refractivity contribution in [1.29, 1.82) is 0 Å². The van der Waals surface area contributed by atoms with Gasteiger partial charge in [-0.2, -0.15) is 0 Å². The molecule has 5 heteroatoms. The first-order valence-corrected chi connectivity index (χ1v) is 9.11. The molecule has 0 aliphatic heterocycles. The fourth-order valence-corrected chi connectivity index (χ4v) is 2.75. The average Bonchev–Trinajstić information content (AvgIpc) is 3.06. The van der Waals surface area contributed by atoms with Gasteiger partial charge in [0.1, 0.15) is 11.5 Å². The Morgan fingerprint density at radius 3 is 2.44 bits per heavy atom. The van der Waals surface area contributed by atoms with E-state index < -0.39 is 0 Å². The topological polar surface area (TPSA) is 64.4 Å². The molecule has 0 aliphatic carbocycles. The maximum absolute atomic E-state index is 12.4. The minimum absolute atomic E-state index is 0.222. The molecule has 3 rings (SSSR count). The molecule has 0 bridgehead atoms. The summed E-state index contributed by atoms with van der Waals surface area (Å²) in [6.45, 7) is 6.91. The van der Waals surface area contributed by atoms with Crippen molar-refractivity contribution in [3.8, 4) is 17.2 Å². The summed E-state index contributed by atoms with van der Waals surface area (Å²) in [7, 11) is 0. The van der Waals surface area contributed by atoms with Gasteiger partial charge in [-0.1, -0.05) is 29.8 Å². The largest absolute Gasteiger partial charge is 0.494 e. The molecule has 1 heterocycles. The Hall–Kier alpha value is -3.08. The fraction of sp³-hybridized carbons (Fsp3) is 0.273. The van der Waals surface area contributed by atoms with Crippen molar-refractivity contribution in [2.24, 2.45) is 0 Å². The number of amides is 1. The van der Waals surface area contributed by atoms with Crippen LogP contribution in [-0.2, 0) is 6.42 Å². The lowest BCUT2D eigenvalue weighted by molar-refractivity contribution is 0.0948. The number of nitrogens with zero attached hydrogens (tertiary/aromatic N) is 1. The van der Waals surface area contributed by atoms with Crippen molar-refractivity contribution in [2.45, 2.75) is 27.2 Å². The molecule has 1 aromatic heterocycles. The molecule has 27 heavy (non-hydrogen) atoms. The van der Waals surface area contributed by atoms with E-state index in [0.29, 0.717) is 30.5 Å². The van der Waals surface area contributed by atoms with Gasteiger partial charge < -0.3 is 14.5 Å². The second-order valence-corrected chi connectivity index (χ2v) is 6.37. The summed E-state index contributed by atoms with van der Waals surface area (Å²) in [5, 5.41) is 2.91. The number of rotatable bonds is 7. The van der Waals surface area contributed by atoms with E-state index in [-0.39, 0.29) is 5.91 Å². The molecule has 1 amide bonds. The van der Waals surface area contributed by atoms with Crippen LogP contribution in [0.15, 0.2) is 52.9 Å². The van der Waals surface area contributed by atoms with E-state index in [1.807, 2.05) is 62.4 Å². The number of benzene rings is 2. The number of hydrogen-bond donors (Lipinski definition) is 1. The average molecular weight is 364 g/mol. The molecule has 1 N–H and O–H groups in total. The quantitative estimate of drug-likeness (QED) is 0.678. The Morgan fingerprint density at radius 2 is 1.78 bits per heavy atom. The first-order chi connectivity index (χ1) is 13.1. The van der Waals surface area contributed by atoms with Gasteiger partial charge in [-0.3, -0.25) is 4.79 Å². The van der Waals surface area contributed by atoms with E-state index >= 15 is 0 Å². The van der Waals surface area contributed by atoms with E-state index in [1.165, 1.54) is 0 Å². The summed E-state index contributed by atoms with van der Waals surface area (Å²) in [6.07, 6.45) is 0.736. The Bertz CT molecular complexity index is 896. The smallest absolute Gasteiger partial charge is 0.273 e. The monoisotopic (exact) mass is 364 g/mol. The number of carbonyl (C=O) groups excluding carboxylic acids is 1. The minimum Gasteiger partial charge on any atom is -0.494 e. The minimum atomic E-state index is -0.222. The highest BCUT2D eigenvalue weighted by atomic mass is 16.5. The van der Waals surface area contributed by atoms with Crippen LogP contribution < -0.4 is 10.1 Å². The number of ether oxygens (including phenoxy) is 1. The molecule has 5 nitrogen and oxygen atoms in total. The molecule has 0 unspecified atom stereocenters. The highest BCUT2D eigenvalue weighted by molar-refractivity contribution is 5.93. The van der Waals surface area contributed by atoms with Crippen molar-refractivity contribution in [3.05, 3.63) is 71.1 Å². The normalized spacial score (nSPS) is 10.6. The van der Waals surface area contributed by atoms with Gasteiger partial charge in [0.15, 0.2) is 5.69 Å². The van der Waals surface area contributed by atoms with Gasteiger partial charge in [0.05, 0.1) is 6.61 Å². The molecule has 0 saturated heterocycles. The highest BCUT2D eigenvalue weighted by Gasteiger charge is 2.17. The Balaban J connectivity index is 1.58. The van der Waals surface area contributed by atoms with Crippen molar-refractivity contribution >= 4 is 5.91 Å². The third-order valence-electron chi connectivity index (χ3n) is 4.24. The lowest BCUT2D eigenvalue weighted by Crippen LogP contribution is -2.26. The van der Waals surface area contributed by atoms with E-state index in [4.69, 9.17) is 9.15 Å². The predicted octanol–water partition coefficient (Wildman–Crippen LogP) is 4.33. The molecule has 0 radical (unpaired) electrons. The van der Waals surface area contributed by atoms with Gasteiger partial charge in [-0.25, -0.2) is 4.98 Å². The van der Waals surface area contributed by atoms with Crippen LogP contribution in [0.5, 0.6) is 5.75 Å². The zero-order valence-electron chi connectivity index (χ0n) is 15.9. The van der Waals surface area contributed by atoms with E-state index in [1.54, 1.807) is 6.92 Å². The summed E-state index contributed by atoms with van der Waals surface area (Å²) < 4.78 is 11.1. The lowest BCUT2D eigenvalue weighted by Gasteiger charge is -2.06. The third-order valence-corrected chi connectivity index (χ3v) is 4.24. The van der Waals surface area contributed by atoms with Gasteiger partial charge in [-0.15, -0.1) is 0 Å². The van der Waals surface area contributed by atoms with Crippen LogP contribution in [0.3, 0.4) is 0 Å². The fourth-order valence-electron chi connectivity index (χ4n) is 2.75. The van der Waals surface area contributed by atoms with Gasteiger partial charge in [0.25, 0.3) is 5.91 Å². The first kappa shape index (κ1) is 18.7. The third kappa shape index (κ3) is 4.76. The van der Waals surface area contributed by atoms with Crippen LogP contribution in [0, 0.1) is 13.8 Å². The van der Waals surface area contributed by atoms with Crippen LogP contribution in [0.1, 0.15) is 34.3 Å². The van der Waals surface area contributed by atoms with Crippen molar-refractivity contribution < 1.29 is 13.9 Å². The van der Waals surface area contributed by atoms with Crippen molar-refractivity contribution in [2.75, 3.05) is 13.2 Å². The van der Waals surface area contributed by atoms with Crippen LogP contribution in [0.4, 0.5) is 0 Å². The van der Waals surface area contributed by atoms with Gasteiger partial charge in [-0.05, 0) is 57.0 Å². The van der Waals surface area contributed by atoms with Gasteiger partial charge in [0, 0.05) is 12.1 Å². The number of oxazole rings is 1. The summed E-state index contributed by atoms with van der Waals surface area (Å²) in [5.41, 5.74) is 3.49. The molecule has 3 aromatic rings. The second-order valence-electron chi connectivity index (χ2n) is 6.37. The molecule has 0 fully saturated rings. The van der Waals surface area contributed by atoms with E-state index in [2.05, 4.69) is 10.3 Å². The number of aryl methyl sites for hydroxylation is 2. The maximum Gasteiger partial charge on any atom is 0.273 e. The SMILES string of the molecule is CCOc1ccc(CCNC(=O)c2nc(-c3ccc(C)cc3)oc2C)cc1. The summed E-state index contributed by atoms with van der Waals surface area (Å²) in [4.78, 5) is 16.8. The molecule has 2 aromatic carbocycles. The van der Waals surface area contributed by atoms with E-state index in [9.17, 15) is 4.79 Å². The molecule has 0 atom stereocenters. The Morgan fingerprint density at radius 1 is 1.07 bits per heavy atom. The van der Waals surface area contributed by atoms with Crippen molar-refractivity contribution in [1.82, 2.24) is 10.3 Å². The predicted molar refractivity (Wildman–Crippen MR) is 105 cm³/mol. The van der Waals surface area contributed by atoms with Crippen LogP contribution >= 0.6 is 0 Å². The first-order valence-electron chi connectivity index (χ1n) is 9.11.